The van der Waals surface area contributed by atoms with Crippen molar-refractivity contribution >= 4 is 50.8 Å². The fraction of sp³-hybridized carbons (Fsp3) is 0.233. The molecular formula is C30H26BrFN2O5S. The second-order valence-electron chi connectivity index (χ2n) is 9.28. The Labute approximate surface area is 244 Å². The Morgan fingerprint density at radius 1 is 1.07 bits per heavy atom. The van der Waals surface area contributed by atoms with Crippen LogP contribution >= 0.6 is 27.7 Å². The fourth-order valence-electron chi connectivity index (χ4n) is 4.59. The highest BCUT2D eigenvalue weighted by molar-refractivity contribution is 9.10. The van der Waals surface area contributed by atoms with Crippen LogP contribution in [0.3, 0.4) is 0 Å². The van der Waals surface area contributed by atoms with Crippen LogP contribution in [0.25, 0.3) is 6.08 Å². The molecule has 0 unspecified atom stereocenters. The van der Waals surface area contributed by atoms with E-state index in [1.807, 2.05) is 25.1 Å². The Bertz CT molecular complexity index is 1510. The molecule has 3 aromatic rings. The summed E-state index contributed by atoms with van der Waals surface area (Å²) in [7, 11) is 0. The highest BCUT2D eigenvalue weighted by Gasteiger charge is 2.37. The maximum Gasteiger partial charge on any atom is 0.294 e. The molecule has 0 N–H and O–H groups in total. The van der Waals surface area contributed by atoms with Crippen LogP contribution in [0.4, 0.5) is 9.18 Å². The molecule has 0 radical (unpaired) electrons. The van der Waals surface area contributed by atoms with E-state index < -0.39 is 11.1 Å². The standard InChI is InChI=1S/C30H26BrFN2O5S/c1-2-38-25-14-20(13-24(31)28(25)39-18-19-6-5-9-23(32)12-19)15-26-29(36)34(30(37)40-26)17-27(35)33-11-10-21-7-3-4-8-22(21)16-33/h3-9,12-15H,2,10-11,16-18H2,1H3/b26-15-. The van der Waals surface area contributed by atoms with Crippen molar-refractivity contribution in [2.75, 3.05) is 19.7 Å². The minimum Gasteiger partial charge on any atom is -0.490 e. The van der Waals surface area contributed by atoms with Gasteiger partial charge >= 0.3 is 0 Å². The molecule has 40 heavy (non-hydrogen) atoms. The molecule has 0 spiro atoms. The van der Waals surface area contributed by atoms with Gasteiger partial charge in [0.25, 0.3) is 11.1 Å². The molecular weight excluding hydrogens is 599 g/mol. The van der Waals surface area contributed by atoms with Crippen molar-refractivity contribution in [3.05, 3.63) is 98.1 Å². The maximum absolute atomic E-state index is 13.6. The SMILES string of the molecule is CCOc1cc(/C=C2\SC(=O)N(CC(=O)N3CCc4ccccc4C3)C2=O)cc(Br)c1OCc1cccc(F)c1. The summed E-state index contributed by atoms with van der Waals surface area (Å²) in [5.74, 6) is -0.262. The van der Waals surface area contributed by atoms with Gasteiger partial charge in [-0.15, -0.1) is 0 Å². The highest BCUT2D eigenvalue weighted by Crippen LogP contribution is 2.40. The number of carbonyl (C=O) groups excluding carboxylic acids is 3. The summed E-state index contributed by atoms with van der Waals surface area (Å²) in [4.78, 5) is 41.7. The van der Waals surface area contributed by atoms with Gasteiger partial charge in [0.2, 0.25) is 5.91 Å². The predicted octanol–water partition coefficient (Wildman–Crippen LogP) is 6.19. The number of thioether (sulfide) groups is 1. The van der Waals surface area contributed by atoms with Crippen LogP contribution in [0.5, 0.6) is 11.5 Å². The lowest BCUT2D eigenvalue weighted by molar-refractivity contribution is -0.136. The Morgan fingerprint density at radius 2 is 1.88 bits per heavy atom. The van der Waals surface area contributed by atoms with Crippen molar-refractivity contribution in [2.45, 2.75) is 26.5 Å². The second-order valence-corrected chi connectivity index (χ2v) is 11.1. The van der Waals surface area contributed by atoms with Gasteiger partial charge in [-0.2, -0.15) is 0 Å². The molecule has 1 fully saturated rings. The molecule has 5 rings (SSSR count). The van der Waals surface area contributed by atoms with Gasteiger partial charge in [0.15, 0.2) is 11.5 Å². The number of ether oxygens (including phenoxy) is 2. The first-order valence-corrected chi connectivity index (χ1v) is 14.4. The number of hydrogen-bond acceptors (Lipinski definition) is 6. The quantitative estimate of drug-likeness (QED) is 0.278. The topological polar surface area (TPSA) is 76.2 Å². The maximum atomic E-state index is 13.6. The normalized spacial score (nSPS) is 15.9. The summed E-state index contributed by atoms with van der Waals surface area (Å²) in [6.45, 7) is 3.04. The number of rotatable bonds is 8. The number of halogens is 2. The first kappa shape index (κ1) is 27.9. The number of imide groups is 1. The molecule has 3 aromatic carbocycles. The average Bonchev–Trinajstić information content (AvgIpc) is 3.19. The van der Waals surface area contributed by atoms with Gasteiger partial charge in [0.1, 0.15) is 19.0 Å². The molecule has 0 bridgehead atoms. The number of nitrogens with zero attached hydrogens (tertiary/aromatic N) is 2. The number of benzene rings is 3. The van der Waals surface area contributed by atoms with Gasteiger partial charge in [-0.05, 0) is 93.6 Å². The molecule has 10 heteroatoms. The van der Waals surface area contributed by atoms with E-state index in [1.54, 1.807) is 35.2 Å². The van der Waals surface area contributed by atoms with E-state index in [9.17, 15) is 18.8 Å². The molecule has 3 amide bonds. The minimum atomic E-state index is -0.513. The summed E-state index contributed by atoms with van der Waals surface area (Å²) in [6.07, 6.45) is 2.33. The molecule has 1 saturated heterocycles. The highest BCUT2D eigenvalue weighted by atomic mass is 79.9. The Kier molecular flexibility index (Phi) is 8.56. The van der Waals surface area contributed by atoms with Crippen LogP contribution in [0.2, 0.25) is 0 Å². The number of hydrogen-bond donors (Lipinski definition) is 0. The largest absolute Gasteiger partial charge is 0.490 e. The number of fused-ring (bicyclic) bond motifs is 1. The molecule has 206 valence electrons. The molecule has 0 aliphatic carbocycles. The van der Waals surface area contributed by atoms with Crippen LogP contribution in [0.15, 0.2) is 70.0 Å². The van der Waals surface area contributed by atoms with E-state index in [-0.39, 0.29) is 29.8 Å². The fourth-order valence-corrected chi connectivity index (χ4v) is 6.00. The second kappa shape index (κ2) is 12.3. The van der Waals surface area contributed by atoms with Crippen molar-refractivity contribution in [1.29, 1.82) is 0 Å². The van der Waals surface area contributed by atoms with Crippen LogP contribution in [-0.4, -0.2) is 46.5 Å². The Balaban J connectivity index is 1.29. The molecule has 2 aliphatic heterocycles. The lowest BCUT2D eigenvalue weighted by Gasteiger charge is -2.29. The minimum absolute atomic E-state index is 0.130. The van der Waals surface area contributed by atoms with Crippen molar-refractivity contribution in [3.8, 4) is 11.5 Å². The van der Waals surface area contributed by atoms with Crippen LogP contribution in [0, 0.1) is 5.82 Å². The van der Waals surface area contributed by atoms with Crippen LogP contribution in [-0.2, 0) is 29.2 Å². The average molecular weight is 626 g/mol. The summed E-state index contributed by atoms with van der Waals surface area (Å²) >= 11 is 4.30. The summed E-state index contributed by atoms with van der Waals surface area (Å²) in [5.41, 5.74) is 3.56. The van der Waals surface area contributed by atoms with E-state index in [4.69, 9.17) is 9.47 Å². The number of amides is 3. The van der Waals surface area contributed by atoms with Gasteiger partial charge in [-0.25, -0.2) is 4.39 Å². The summed E-state index contributed by atoms with van der Waals surface area (Å²) < 4.78 is 25.8. The van der Waals surface area contributed by atoms with Gasteiger partial charge in [0.05, 0.1) is 16.0 Å². The molecule has 7 nitrogen and oxygen atoms in total. The monoisotopic (exact) mass is 624 g/mol. The zero-order chi connectivity index (χ0) is 28.2. The predicted molar refractivity (Wildman–Crippen MR) is 154 cm³/mol. The van der Waals surface area contributed by atoms with Crippen molar-refractivity contribution in [3.63, 3.8) is 0 Å². The van der Waals surface area contributed by atoms with Crippen molar-refractivity contribution in [1.82, 2.24) is 9.80 Å². The lowest BCUT2D eigenvalue weighted by atomic mass is 10.00. The van der Waals surface area contributed by atoms with Gasteiger partial charge in [-0.3, -0.25) is 19.3 Å². The van der Waals surface area contributed by atoms with E-state index in [0.717, 1.165) is 28.6 Å². The van der Waals surface area contributed by atoms with Gasteiger partial charge in [-0.1, -0.05) is 36.4 Å². The zero-order valence-electron chi connectivity index (χ0n) is 21.7. The van der Waals surface area contributed by atoms with Crippen molar-refractivity contribution in [2.24, 2.45) is 0 Å². The summed E-state index contributed by atoms with van der Waals surface area (Å²) in [5, 5.41) is -0.485. The molecule has 2 heterocycles. The van der Waals surface area contributed by atoms with Crippen LogP contribution < -0.4 is 9.47 Å². The molecule has 0 aromatic heterocycles. The first-order valence-electron chi connectivity index (χ1n) is 12.8. The van der Waals surface area contributed by atoms with E-state index in [0.29, 0.717) is 46.8 Å². The van der Waals surface area contributed by atoms with E-state index in [1.165, 1.54) is 17.7 Å². The smallest absolute Gasteiger partial charge is 0.294 e. The molecule has 0 saturated carbocycles. The van der Waals surface area contributed by atoms with Gasteiger partial charge < -0.3 is 14.4 Å². The van der Waals surface area contributed by atoms with Gasteiger partial charge in [0, 0.05) is 13.1 Å². The van der Waals surface area contributed by atoms with Crippen LogP contribution in [0.1, 0.15) is 29.2 Å². The van der Waals surface area contributed by atoms with E-state index in [2.05, 4.69) is 22.0 Å². The number of carbonyl (C=O) groups is 3. The van der Waals surface area contributed by atoms with Crippen molar-refractivity contribution < 1.29 is 28.2 Å². The first-order chi connectivity index (χ1) is 19.3. The Hall–Kier alpha value is -3.63. The molecule has 2 aliphatic rings. The van der Waals surface area contributed by atoms with E-state index >= 15 is 0 Å². The third-order valence-corrected chi connectivity index (χ3v) is 8.05. The summed E-state index contributed by atoms with van der Waals surface area (Å²) in [6, 6.07) is 17.5. The Morgan fingerprint density at radius 3 is 2.65 bits per heavy atom. The lowest BCUT2D eigenvalue weighted by Crippen LogP contribution is -2.44. The molecule has 0 atom stereocenters. The third-order valence-electron chi connectivity index (χ3n) is 6.55. The zero-order valence-corrected chi connectivity index (χ0v) is 24.1. The third kappa shape index (κ3) is 6.23.